The first-order valence-corrected chi connectivity index (χ1v) is 11.0. The summed E-state index contributed by atoms with van der Waals surface area (Å²) >= 11 is 0. The monoisotopic (exact) mass is 477 g/mol. The summed E-state index contributed by atoms with van der Waals surface area (Å²) in [5.41, 5.74) is 1.53. The molecule has 0 spiro atoms. The number of esters is 1. The number of carbonyl (C=O) groups is 1. The van der Waals surface area contributed by atoms with Crippen LogP contribution in [0.25, 0.3) is 0 Å². The van der Waals surface area contributed by atoms with Crippen molar-refractivity contribution in [3.63, 3.8) is 0 Å². The fourth-order valence-electron chi connectivity index (χ4n) is 3.23. The van der Waals surface area contributed by atoms with E-state index in [1.165, 1.54) is 4.68 Å². The Morgan fingerprint density at radius 1 is 1.12 bits per heavy atom. The van der Waals surface area contributed by atoms with E-state index in [-0.39, 0.29) is 49.9 Å². The molecular weight excluding hydrogens is 445 g/mol. The van der Waals surface area contributed by atoms with Crippen molar-refractivity contribution in [2.24, 2.45) is 0 Å². The van der Waals surface area contributed by atoms with Crippen molar-refractivity contribution >= 4 is 5.97 Å². The molecule has 8 nitrogen and oxygen atoms in total. The summed E-state index contributed by atoms with van der Waals surface area (Å²) in [7, 11) is 0. The van der Waals surface area contributed by atoms with Crippen LogP contribution in [0.3, 0.4) is 0 Å². The van der Waals surface area contributed by atoms with E-state index < -0.39 is 11.6 Å². The standard InChI is InChI=1S/C25H31N3O5.Na.H/c1-5-14-27-22(26-28(24(27)31)15-19-8-6-18(2)7-9-19)16-32-23(30)20-10-12-21(13-11-20)33-25(3,4)17-29;;/h6-13,29H,5,14-17H2,1-4H3;;/q;+1;-1. The van der Waals surface area contributed by atoms with Crippen LogP contribution in [-0.4, -0.2) is 37.6 Å². The molecule has 1 aromatic heterocycles. The number of aromatic nitrogens is 3. The molecule has 0 radical (unpaired) electrons. The molecule has 0 saturated carbocycles. The van der Waals surface area contributed by atoms with Crippen LogP contribution in [0.5, 0.6) is 5.75 Å². The molecule has 2 aromatic carbocycles. The van der Waals surface area contributed by atoms with Crippen LogP contribution in [0.4, 0.5) is 0 Å². The number of nitrogens with zero attached hydrogens (tertiary/aromatic N) is 3. The minimum atomic E-state index is -0.720. The third-order valence-electron chi connectivity index (χ3n) is 5.10. The summed E-state index contributed by atoms with van der Waals surface area (Å²) in [6.07, 6.45) is 0.753. The summed E-state index contributed by atoms with van der Waals surface area (Å²) in [6.45, 7) is 8.12. The molecule has 0 saturated heterocycles. The number of hydrogen-bond donors (Lipinski definition) is 1. The molecular formula is C25H32N3NaO5. The molecule has 178 valence electrons. The van der Waals surface area contributed by atoms with Gasteiger partial charge in [-0.3, -0.25) is 4.57 Å². The topological polar surface area (TPSA) is 95.6 Å². The SMILES string of the molecule is CCCn1c(COC(=O)c2ccc(OC(C)(C)CO)cc2)nn(Cc2ccc(C)cc2)c1=O.[H-].[Na+]. The number of benzene rings is 2. The zero-order chi connectivity index (χ0) is 24.0. The third-order valence-corrected chi connectivity index (χ3v) is 5.10. The van der Waals surface area contributed by atoms with Crippen molar-refractivity contribution in [2.75, 3.05) is 6.61 Å². The fraction of sp³-hybridized carbons (Fsp3) is 0.400. The van der Waals surface area contributed by atoms with E-state index >= 15 is 0 Å². The molecule has 0 atom stereocenters. The Labute approximate surface area is 223 Å². The largest absolute Gasteiger partial charge is 1.00 e. The first-order valence-electron chi connectivity index (χ1n) is 11.0. The minimum absolute atomic E-state index is 0. The molecule has 0 fully saturated rings. The number of aliphatic hydroxyl groups is 1. The van der Waals surface area contributed by atoms with Crippen LogP contribution in [0.15, 0.2) is 53.3 Å². The molecule has 0 aliphatic rings. The van der Waals surface area contributed by atoms with Crippen molar-refractivity contribution in [1.29, 1.82) is 0 Å². The third kappa shape index (κ3) is 7.30. The molecule has 0 unspecified atom stereocenters. The van der Waals surface area contributed by atoms with E-state index in [0.29, 0.717) is 30.2 Å². The second kappa shape index (κ2) is 12.4. The van der Waals surface area contributed by atoms with Gasteiger partial charge >= 0.3 is 41.2 Å². The molecule has 1 N–H and O–H groups in total. The predicted molar refractivity (Wildman–Crippen MR) is 126 cm³/mol. The van der Waals surface area contributed by atoms with Gasteiger partial charge in [0.1, 0.15) is 11.4 Å². The summed E-state index contributed by atoms with van der Waals surface area (Å²) in [6, 6.07) is 14.4. The summed E-state index contributed by atoms with van der Waals surface area (Å²) < 4.78 is 14.1. The van der Waals surface area contributed by atoms with Gasteiger partial charge in [-0.2, -0.15) is 5.10 Å². The maximum Gasteiger partial charge on any atom is 1.00 e. The Bertz CT molecular complexity index is 1140. The number of hydrogen-bond acceptors (Lipinski definition) is 6. The van der Waals surface area contributed by atoms with Crippen molar-refractivity contribution in [3.05, 3.63) is 81.5 Å². The van der Waals surface area contributed by atoms with Crippen LogP contribution in [0.2, 0.25) is 0 Å². The number of carbonyl (C=O) groups excluding carboxylic acids is 1. The van der Waals surface area contributed by atoms with E-state index in [2.05, 4.69) is 5.10 Å². The van der Waals surface area contributed by atoms with Crippen LogP contribution >= 0.6 is 0 Å². The molecule has 3 rings (SSSR count). The molecule has 1 heterocycles. The van der Waals surface area contributed by atoms with E-state index in [1.807, 2.05) is 38.1 Å². The zero-order valence-corrected chi connectivity index (χ0v) is 22.6. The number of aryl methyl sites for hydroxylation is 1. The Kier molecular flexibility index (Phi) is 10.1. The number of aliphatic hydroxyl groups excluding tert-OH is 1. The van der Waals surface area contributed by atoms with Gasteiger partial charge in [0, 0.05) is 6.54 Å². The predicted octanol–water partition coefficient (Wildman–Crippen LogP) is 0.435. The smallest absolute Gasteiger partial charge is 1.00 e. The fourth-order valence-corrected chi connectivity index (χ4v) is 3.23. The van der Waals surface area contributed by atoms with E-state index in [9.17, 15) is 14.7 Å². The van der Waals surface area contributed by atoms with Gasteiger partial charge in [-0.05, 0) is 57.0 Å². The first-order chi connectivity index (χ1) is 15.7. The van der Waals surface area contributed by atoms with Gasteiger partial charge in [-0.15, -0.1) is 0 Å². The van der Waals surface area contributed by atoms with E-state index in [1.54, 1.807) is 42.7 Å². The average molecular weight is 478 g/mol. The van der Waals surface area contributed by atoms with Crippen molar-refractivity contribution < 1.29 is 50.4 Å². The number of ether oxygens (including phenoxy) is 2. The molecule has 0 bridgehead atoms. The summed E-state index contributed by atoms with van der Waals surface area (Å²) in [5, 5.41) is 13.7. The maximum atomic E-state index is 12.8. The molecule has 3 aromatic rings. The molecule has 9 heteroatoms. The van der Waals surface area contributed by atoms with Gasteiger partial charge in [0.25, 0.3) is 0 Å². The Morgan fingerprint density at radius 2 is 1.76 bits per heavy atom. The van der Waals surface area contributed by atoms with E-state index in [0.717, 1.165) is 17.5 Å². The second-order valence-corrected chi connectivity index (χ2v) is 8.61. The van der Waals surface area contributed by atoms with Gasteiger partial charge in [-0.1, -0.05) is 36.8 Å². The molecule has 34 heavy (non-hydrogen) atoms. The van der Waals surface area contributed by atoms with Gasteiger partial charge in [0.15, 0.2) is 12.4 Å². The average Bonchev–Trinajstić information content (AvgIpc) is 3.08. The molecule has 0 aliphatic heterocycles. The molecule has 0 aliphatic carbocycles. The van der Waals surface area contributed by atoms with Crippen LogP contribution in [0.1, 0.15) is 55.9 Å². The van der Waals surface area contributed by atoms with Gasteiger partial charge in [-0.25, -0.2) is 14.3 Å². The normalized spacial score (nSPS) is 11.1. The van der Waals surface area contributed by atoms with Crippen molar-refractivity contribution in [3.8, 4) is 5.75 Å². The van der Waals surface area contributed by atoms with Crippen LogP contribution in [-0.2, 0) is 24.4 Å². The summed E-state index contributed by atoms with van der Waals surface area (Å²) in [5.74, 6) is 0.427. The van der Waals surface area contributed by atoms with E-state index in [4.69, 9.17) is 9.47 Å². The maximum absolute atomic E-state index is 12.8. The van der Waals surface area contributed by atoms with Crippen molar-refractivity contribution in [1.82, 2.24) is 14.3 Å². The quantitative estimate of drug-likeness (QED) is 0.336. The Hall–Kier alpha value is -2.39. The van der Waals surface area contributed by atoms with Gasteiger partial charge in [0.2, 0.25) is 0 Å². The van der Waals surface area contributed by atoms with Gasteiger partial charge < -0.3 is 16.0 Å². The van der Waals surface area contributed by atoms with Crippen LogP contribution in [0, 0.1) is 6.92 Å². The Balaban J connectivity index is 0.00000306. The zero-order valence-electron chi connectivity index (χ0n) is 21.6. The first kappa shape index (κ1) is 27.9. The summed E-state index contributed by atoms with van der Waals surface area (Å²) in [4.78, 5) is 25.4. The number of rotatable bonds is 10. The second-order valence-electron chi connectivity index (χ2n) is 8.61. The van der Waals surface area contributed by atoms with Gasteiger partial charge in [0.05, 0.1) is 18.7 Å². The Morgan fingerprint density at radius 3 is 2.35 bits per heavy atom. The van der Waals surface area contributed by atoms with Crippen molar-refractivity contribution in [2.45, 2.75) is 59.4 Å². The van der Waals surface area contributed by atoms with Crippen LogP contribution < -0.4 is 40.0 Å². The minimum Gasteiger partial charge on any atom is -1.00 e. The molecule has 0 amide bonds.